The van der Waals surface area contributed by atoms with Crippen molar-refractivity contribution in [3.63, 3.8) is 0 Å². The highest BCUT2D eigenvalue weighted by molar-refractivity contribution is 7.99. The van der Waals surface area contributed by atoms with E-state index in [1.54, 1.807) is 24.3 Å². The normalized spacial score (nSPS) is 20.5. The Morgan fingerprint density at radius 3 is 2.44 bits per heavy atom. The van der Waals surface area contributed by atoms with E-state index in [9.17, 15) is 4.79 Å². The summed E-state index contributed by atoms with van der Waals surface area (Å²) in [7, 11) is 0. The Kier molecular flexibility index (Phi) is 7.02. The first-order valence-corrected chi connectivity index (χ1v) is 10.4. The quantitative estimate of drug-likeness (QED) is 0.752. The molecular weight excluding hydrogens is 334 g/mol. The average Bonchev–Trinajstić information content (AvgIpc) is 2.67. The molecule has 0 aromatic heterocycles. The molecule has 1 aromatic rings. The molecule has 138 valence electrons. The van der Waals surface area contributed by atoms with Gasteiger partial charge in [0, 0.05) is 44.3 Å². The lowest BCUT2D eigenvalue weighted by molar-refractivity contribution is 0.0885. The van der Waals surface area contributed by atoms with Crippen LogP contribution < -0.4 is 10.5 Å². The van der Waals surface area contributed by atoms with Crippen molar-refractivity contribution in [3.8, 4) is 5.75 Å². The largest absolute Gasteiger partial charge is 0.494 e. The molecule has 6 heteroatoms. The molecule has 2 heterocycles. The van der Waals surface area contributed by atoms with Crippen molar-refractivity contribution in [1.29, 1.82) is 0 Å². The number of thioether (sulfide) groups is 1. The van der Waals surface area contributed by atoms with Gasteiger partial charge in [0.1, 0.15) is 5.75 Å². The van der Waals surface area contributed by atoms with Crippen molar-refractivity contribution in [2.24, 2.45) is 5.73 Å². The van der Waals surface area contributed by atoms with E-state index in [2.05, 4.69) is 21.6 Å². The van der Waals surface area contributed by atoms with Gasteiger partial charge >= 0.3 is 0 Å². The van der Waals surface area contributed by atoms with E-state index in [0.29, 0.717) is 12.2 Å². The molecular formula is C19H29N3O2S. The van der Waals surface area contributed by atoms with Crippen molar-refractivity contribution in [1.82, 2.24) is 9.80 Å². The van der Waals surface area contributed by atoms with Crippen LogP contribution in [-0.4, -0.2) is 72.6 Å². The van der Waals surface area contributed by atoms with Crippen molar-refractivity contribution in [2.75, 3.05) is 50.8 Å². The minimum atomic E-state index is -0.405. The minimum Gasteiger partial charge on any atom is -0.494 e. The van der Waals surface area contributed by atoms with Gasteiger partial charge in [-0.15, -0.1) is 0 Å². The number of carbonyl (C=O) groups is 1. The summed E-state index contributed by atoms with van der Waals surface area (Å²) in [5.74, 6) is 3.06. The second kappa shape index (κ2) is 9.46. The van der Waals surface area contributed by atoms with Crippen LogP contribution in [0.15, 0.2) is 24.3 Å². The van der Waals surface area contributed by atoms with Gasteiger partial charge in [-0.3, -0.25) is 9.69 Å². The highest BCUT2D eigenvalue weighted by Gasteiger charge is 2.24. The van der Waals surface area contributed by atoms with E-state index in [4.69, 9.17) is 10.5 Å². The molecule has 0 aliphatic carbocycles. The van der Waals surface area contributed by atoms with Crippen LogP contribution in [0.3, 0.4) is 0 Å². The molecule has 0 atom stereocenters. The van der Waals surface area contributed by atoms with Gasteiger partial charge in [0.05, 0.1) is 6.61 Å². The van der Waals surface area contributed by atoms with E-state index < -0.39 is 5.91 Å². The molecule has 0 radical (unpaired) electrons. The van der Waals surface area contributed by atoms with Crippen LogP contribution in [0.1, 0.15) is 29.6 Å². The highest BCUT2D eigenvalue weighted by atomic mass is 32.2. The van der Waals surface area contributed by atoms with Gasteiger partial charge in [0.25, 0.3) is 0 Å². The number of carbonyl (C=O) groups excluding carboxylic acids is 1. The number of rotatable bonds is 7. The predicted molar refractivity (Wildman–Crippen MR) is 103 cm³/mol. The molecule has 2 saturated heterocycles. The van der Waals surface area contributed by atoms with Crippen LogP contribution in [0, 0.1) is 0 Å². The number of ether oxygens (including phenoxy) is 1. The van der Waals surface area contributed by atoms with Gasteiger partial charge in [-0.25, -0.2) is 0 Å². The lowest BCUT2D eigenvalue weighted by atomic mass is 10.1. The molecule has 3 rings (SSSR count). The zero-order chi connectivity index (χ0) is 17.5. The number of nitrogens with zero attached hydrogens (tertiary/aromatic N) is 2. The number of nitrogens with two attached hydrogens (primary N) is 1. The highest BCUT2D eigenvalue weighted by Crippen LogP contribution is 2.22. The van der Waals surface area contributed by atoms with E-state index in [1.165, 1.54) is 50.5 Å². The predicted octanol–water partition coefficient (Wildman–Crippen LogP) is 2.07. The Bertz CT molecular complexity index is 538. The minimum absolute atomic E-state index is 0.405. The number of primary amides is 1. The number of hydrogen-bond acceptors (Lipinski definition) is 5. The number of benzene rings is 1. The first-order valence-electron chi connectivity index (χ1n) is 9.29. The zero-order valence-corrected chi connectivity index (χ0v) is 15.7. The second-order valence-electron chi connectivity index (χ2n) is 6.81. The summed E-state index contributed by atoms with van der Waals surface area (Å²) in [6.45, 7) is 6.58. The van der Waals surface area contributed by atoms with E-state index in [1.807, 2.05) is 0 Å². The second-order valence-corrected chi connectivity index (χ2v) is 8.04. The summed E-state index contributed by atoms with van der Waals surface area (Å²) >= 11 is 2.10. The molecule has 0 saturated carbocycles. The van der Waals surface area contributed by atoms with Gasteiger partial charge in [-0.2, -0.15) is 11.8 Å². The summed E-state index contributed by atoms with van der Waals surface area (Å²) in [6.07, 6.45) is 3.76. The van der Waals surface area contributed by atoms with Crippen molar-refractivity contribution < 1.29 is 9.53 Å². The molecule has 2 aliphatic heterocycles. The monoisotopic (exact) mass is 363 g/mol. The summed E-state index contributed by atoms with van der Waals surface area (Å²) in [5, 5.41) is 0. The van der Waals surface area contributed by atoms with E-state index in [0.717, 1.165) is 24.8 Å². The van der Waals surface area contributed by atoms with Gasteiger partial charge in [-0.05, 0) is 55.0 Å². The van der Waals surface area contributed by atoms with Crippen molar-refractivity contribution in [2.45, 2.75) is 25.3 Å². The fourth-order valence-electron chi connectivity index (χ4n) is 3.60. The average molecular weight is 364 g/mol. The Labute approximate surface area is 154 Å². The third-order valence-electron chi connectivity index (χ3n) is 5.14. The molecule has 25 heavy (non-hydrogen) atoms. The number of hydrogen-bond donors (Lipinski definition) is 1. The fourth-order valence-corrected chi connectivity index (χ4v) is 4.68. The van der Waals surface area contributed by atoms with Gasteiger partial charge < -0.3 is 15.4 Å². The van der Waals surface area contributed by atoms with Crippen LogP contribution in [0.5, 0.6) is 5.75 Å². The molecule has 1 aromatic carbocycles. The van der Waals surface area contributed by atoms with E-state index in [-0.39, 0.29) is 0 Å². The maximum absolute atomic E-state index is 11.0. The van der Waals surface area contributed by atoms with Crippen LogP contribution >= 0.6 is 11.8 Å². The molecule has 5 nitrogen and oxygen atoms in total. The third-order valence-corrected chi connectivity index (χ3v) is 6.19. The number of piperazine rings is 1. The molecule has 0 bridgehead atoms. The molecule has 2 fully saturated rings. The summed E-state index contributed by atoms with van der Waals surface area (Å²) in [6, 6.07) is 7.86. The molecule has 2 aliphatic rings. The number of amides is 1. The lowest BCUT2D eigenvalue weighted by Gasteiger charge is -2.40. The Morgan fingerprint density at radius 2 is 1.80 bits per heavy atom. The third kappa shape index (κ3) is 5.62. The van der Waals surface area contributed by atoms with Crippen molar-refractivity contribution in [3.05, 3.63) is 29.8 Å². The van der Waals surface area contributed by atoms with Crippen molar-refractivity contribution >= 4 is 17.7 Å². The summed E-state index contributed by atoms with van der Waals surface area (Å²) in [5.41, 5.74) is 5.75. The summed E-state index contributed by atoms with van der Waals surface area (Å²) in [4.78, 5) is 16.3. The molecule has 0 unspecified atom stereocenters. The van der Waals surface area contributed by atoms with Gasteiger partial charge in [-0.1, -0.05) is 0 Å². The lowest BCUT2D eigenvalue weighted by Crippen LogP contribution is -2.51. The maximum Gasteiger partial charge on any atom is 0.248 e. The van der Waals surface area contributed by atoms with Gasteiger partial charge in [0.15, 0.2) is 0 Å². The van der Waals surface area contributed by atoms with E-state index >= 15 is 0 Å². The fraction of sp³-hybridized carbons (Fsp3) is 0.632. The molecule has 0 spiro atoms. The first kappa shape index (κ1) is 18.5. The van der Waals surface area contributed by atoms with Crippen LogP contribution in [0.25, 0.3) is 0 Å². The maximum atomic E-state index is 11.0. The standard InChI is InChI=1S/C19H29N3O2S/c20-19(23)16-2-4-18(5-3-16)24-13-1-8-21-9-11-22(12-10-21)17-6-14-25-15-7-17/h2-5,17H,1,6-15H2,(H2,20,23). The summed E-state index contributed by atoms with van der Waals surface area (Å²) < 4.78 is 5.76. The van der Waals surface area contributed by atoms with Crippen LogP contribution in [-0.2, 0) is 0 Å². The smallest absolute Gasteiger partial charge is 0.248 e. The Morgan fingerprint density at radius 1 is 1.12 bits per heavy atom. The first-order chi connectivity index (χ1) is 12.2. The topological polar surface area (TPSA) is 58.8 Å². The zero-order valence-electron chi connectivity index (χ0n) is 14.9. The SMILES string of the molecule is NC(=O)c1ccc(OCCCN2CCN(C3CCSCC3)CC2)cc1. The molecule has 2 N–H and O–H groups in total. The molecule has 1 amide bonds. The Balaban J connectivity index is 1.30. The van der Waals surface area contributed by atoms with Crippen LogP contribution in [0.4, 0.5) is 0 Å². The Hall–Kier alpha value is -1.24. The van der Waals surface area contributed by atoms with Gasteiger partial charge in [0.2, 0.25) is 5.91 Å². The van der Waals surface area contributed by atoms with Crippen LogP contribution in [0.2, 0.25) is 0 Å².